The van der Waals surface area contributed by atoms with Gasteiger partial charge in [0, 0.05) is 13.3 Å². The van der Waals surface area contributed by atoms with E-state index in [2.05, 4.69) is 4.74 Å². The average molecular weight is 310 g/mol. The molecule has 0 spiro atoms. The Morgan fingerprint density at radius 1 is 0.905 bits per heavy atom. The molecular weight excluding hydrogens is 292 g/mol. The molecule has 0 saturated carbocycles. The third kappa shape index (κ3) is 6.60. The molecule has 0 amide bonds. The van der Waals surface area contributed by atoms with Gasteiger partial charge in [-0.25, -0.2) is 4.79 Å². The Balaban J connectivity index is 4.52. The van der Waals surface area contributed by atoms with Gasteiger partial charge in [-0.15, -0.1) is 0 Å². The highest BCUT2D eigenvalue weighted by molar-refractivity contribution is 6.32. The molecule has 0 aliphatic heterocycles. The van der Waals surface area contributed by atoms with Gasteiger partial charge < -0.3 is 35.4 Å². The fourth-order valence-electron chi connectivity index (χ4n) is 1.36. The first-order valence-corrected chi connectivity index (χ1v) is 5.87. The standard InChI is InChI=1S/C11H18O10/c1-4(12)21-3-7(15)9(17)10(18)8(16)5(13)2-6(14)11(19)20/h5,7-10,13,15-18H,2-3H2,1H3,(H,19,20). The fraction of sp³-hybridized carbons (Fsp3) is 0.727. The van der Waals surface area contributed by atoms with Crippen LogP contribution in [-0.2, 0) is 19.1 Å². The molecule has 0 aliphatic carbocycles. The van der Waals surface area contributed by atoms with E-state index in [0.29, 0.717) is 0 Å². The summed E-state index contributed by atoms with van der Waals surface area (Å²) in [5, 5.41) is 55.6. The Morgan fingerprint density at radius 3 is 1.81 bits per heavy atom. The summed E-state index contributed by atoms with van der Waals surface area (Å²) >= 11 is 0. The van der Waals surface area contributed by atoms with Gasteiger partial charge in [-0.1, -0.05) is 0 Å². The molecule has 21 heavy (non-hydrogen) atoms. The number of Topliss-reactive ketones (excluding diaryl/α,β-unsaturated/α-hetero) is 1. The summed E-state index contributed by atoms with van der Waals surface area (Å²) in [5.41, 5.74) is 0. The molecule has 0 heterocycles. The number of rotatable bonds is 9. The SMILES string of the molecule is CC(=O)OCC(O)C(O)C(O)C(O)C(O)CC(=O)C(=O)O. The fourth-order valence-corrected chi connectivity index (χ4v) is 1.36. The van der Waals surface area contributed by atoms with Crippen LogP contribution in [0.5, 0.6) is 0 Å². The Bertz CT molecular complexity index is 381. The van der Waals surface area contributed by atoms with Gasteiger partial charge in [0.05, 0.1) is 6.10 Å². The molecule has 0 aliphatic rings. The van der Waals surface area contributed by atoms with Crippen LogP contribution in [0.25, 0.3) is 0 Å². The van der Waals surface area contributed by atoms with Crippen LogP contribution in [0, 0.1) is 0 Å². The first-order chi connectivity index (χ1) is 9.57. The van der Waals surface area contributed by atoms with Crippen molar-refractivity contribution in [1.82, 2.24) is 0 Å². The number of aliphatic hydroxyl groups is 5. The van der Waals surface area contributed by atoms with Crippen molar-refractivity contribution in [2.24, 2.45) is 0 Å². The number of hydrogen-bond acceptors (Lipinski definition) is 9. The van der Waals surface area contributed by atoms with Crippen LogP contribution in [0.4, 0.5) is 0 Å². The van der Waals surface area contributed by atoms with Crippen molar-refractivity contribution in [2.75, 3.05) is 6.61 Å². The van der Waals surface area contributed by atoms with Gasteiger partial charge in [0.25, 0.3) is 0 Å². The van der Waals surface area contributed by atoms with E-state index in [0.717, 1.165) is 6.92 Å². The molecule has 0 saturated heterocycles. The normalized spacial score (nSPS) is 18.2. The number of carbonyl (C=O) groups excluding carboxylic acids is 2. The summed E-state index contributed by atoms with van der Waals surface area (Å²) in [6, 6.07) is 0. The van der Waals surface area contributed by atoms with Crippen LogP contribution in [0.3, 0.4) is 0 Å². The average Bonchev–Trinajstić information content (AvgIpc) is 2.41. The lowest BCUT2D eigenvalue weighted by Gasteiger charge is -2.28. The molecule has 10 heteroatoms. The maximum atomic E-state index is 10.8. The lowest BCUT2D eigenvalue weighted by atomic mass is 9.97. The summed E-state index contributed by atoms with van der Waals surface area (Å²) in [5.74, 6) is -3.97. The molecule has 5 unspecified atom stereocenters. The van der Waals surface area contributed by atoms with Gasteiger partial charge in [0.2, 0.25) is 5.78 Å². The monoisotopic (exact) mass is 310 g/mol. The van der Waals surface area contributed by atoms with Gasteiger partial charge in [-0.2, -0.15) is 0 Å². The third-order valence-corrected chi connectivity index (χ3v) is 2.58. The lowest BCUT2D eigenvalue weighted by Crippen LogP contribution is -2.50. The second-order valence-corrected chi connectivity index (χ2v) is 4.34. The molecule has 0 radical (unpaired) electrons. The van der Waals surface area contributed by atoms with Crippen LogP contribution in [-0.4, -0.2) is 85.5 Å². The molecule has 0 aromatic rings. The van der Waals surface area contributed by atoms with Crippen molar-refractivity contribution < 1.29 is 49.8 Å². The molecule has 0 fully saturated rings. The van der Waals surface area contributed by atoms with Crippen molar-refractivity contribution in [3.8, 4) is 0 Å². The van der Waals surface area contributed by atoms with Gasteiger partial charge >= 0.3 is 11.9 Å². The molecule has 0 rings (SSSR count). The molecular formula is C11H18O10. The predicted octanol–water partition coefficient (Wildman–Crippen LogP) is -3.60. The molecule has 0 bridgehead atoms. The van der Waals surface area contributed by atoms with Gasteiger partial charge in [0.1, 0.15) is 31.0 Å². The topological polar surface area (TPSA) is 182 Å². The van der Waals surface area contributed by atoms with E-state index in [1.807, 2.05) is 0 Å². The predicted molar refractivity (Wildman–Crippen MR) is 63.9 cm³/mol. The van der Waals surface area contributed by atoms with E-state index in [9.17, 15) is 39.9 Å². The Labute approximate surface area is 119 Å². The Kier molecular flexibility index (Phi) is 7.99. The van der Waals surface area contributed by atoms with Crippen LogP contribution < -0.4 is 0 Å². The second-order valence-electron chi connectivity index (χ2n) is 4.34. The minimum absolute atomic E-state index is 0.662. The van der Waals surface area contributed by atoms with Crippen molar-refractivity contribution in [3.63, 3.8) is 0 Å². The van der Waals surface area contributed by atoms with E-state index >= 15 is 0 Å². The number of esters is 1. The number of ketones is 1. The van der Waals surface area contributed by atoms with Gasteiger partial charge in [-0.3, -0.25) is 9.59 Å². The number of aliphatic hydroxyl groups excluding tert-OH is 5. The smallest absolute Gasteiger partial charge is 0.372 e. The Morgan fingerprint density at radius 2 is 1.38 bits per heavy atom. The zero-order chi connectivity index (χ0) is 16.7. The summed E-state index contributed by atoms with van der Waals surface area (Å²) < 4.78 is 4.38. The minimum Gasteiger partial charge on any atom is -0.475 e. The van der Waals surface area contributed by atoms with Crippen molar-refractivity contribution >= 4 is 17.7 Å². The highest BCUT2D eigenvalue weighted by Crippen LogP contribution is 2.11. The first-order valence-electron chi connectivity index (χ1n) is 5.87. The van der Waals surface area contributed by atoms with Gasteiger partial charge in [0.15, 0.2) is 0 Å². The first kappa shape index (κ1) is 19.4. The number of carboxylic acids is 1. The van der Waals surface area contributed by atoms with Crippen molar-refractivity contribution in [1.29, 1.82) is 0 Å². The number of ether oxygens (including phenoxy) is 1. The summed E-state index contributed by atoms with van der Waals surface area (Å²) in [6.07, 6.45) is -10.9. The van der Waals surface area contributed by atoms with E-state index in [1.54, 1.807) is 0 Å². The summed E-state index contributed by atoms with van der Waals surface area (Å²) in [6.45, 7) is 0.385. The Hall–Kier alpha value is -1.59. The molecule has 5 atom stereocenters. The molecule has 6 N–H and O–H groups in total. The second kappa shape index (κ2) is 8.64. The zero-order valence-corrected chi connectivity index (χ0v) is 11.1. The maximum Gasteiger partial charge on any atom is 0.372 e. The van der Waals surface area contributed by atoms with Crippen LogP contribution in [0.15, 0.2) is 0 Å². The van der Waals surface area contributed by atoms with E-state index in [1.165, 1.54) is 0 Å². The van der Waals surface area contributed by atoms with Crippen molar-refractivity contribution in [2.45, 2.75) is 43.9 Å². The van der Waals surface area contributed by atoms with Crippen LogP contribution >= 0.6 is 0 Å². The van der Waals surface area contributed by atoms with Crippen LogP contribution in [0.1, 0.15) is 13.3 Å². The number of carboxylic acid groups (broad SMARTS) is 1. The highest BCUT2D eigenvalue weighted by atomic mass is 16.5. The number of carbonyl (C=O) groups is 3. The van der Waals surface area contributed by atoms with E-state index in [4.69, 9.17) is 5.11 Å². The van der Waals surface area contributed by atoms with E-state index in [-0.39, 0.29) is 0 Å². The number of aliphatic carboxylic acids is 1. The van der Waals surface area contributed by atoms with Crippen molar-refractivity contribution in [3.05, 3.63) is 0 Å². The quantitative estimate of drug-likeness (QED) is 0.184. The maximum absolute atomic E-state index is 10.8. The van der Waals surface area contributed by atoms with E-state index < -0.39 is 61.3 Å². The number of hydrogen-bond donors (Lipinski definition) is 6. The minimum atomic E-state index is -2.09. The lowest BCUT2D eigenvalue weighted by molar-refractivity contribution is -0.161. The third-order valence-electron chi connectivity index (χ3n) is 2.58. The highest BCUT2D eigenvalue weighted by Gasteiger charge is 2.36. The molecule has 0 aromatic heterocycles. The van der Waals surface area contributed by atoms with Gasteiger partial charge in [-0.05, 0) is 0 Å². The summed E-state index contributed by atoms with van der Waals surface area (Å²) in [4.78, 5) is 31.6. The zero-order valence-electron chi connectivity index (χ0n) is 11.1. The van der Waals surface area contributed by atoms with Crippen LogP contribution in [0.2, 0.25) is 0 Å². The molecule has 10 nitrogen and oxygen atoms in total. The largest absolute Gasteiger partial charge is 0.475 e. The molecule has 122 valence electrons. The summed E-state index contributed by atoms with van der Waals surface area (Å²) in [7, 11) is 0. The molecule has 0 aromatic carbocycles.